The summed E-state index contributed by atoms with van der Waals surface area (Å²) < 4.78 is 0. The topological polar surface area (TPSA) is 63.4 Å². The fourth-order valence-corrected chi connectivity index (χ4v) is 2.73. The lowest BCUT2D eigenvalue weighted by Gasteiger charge is -2.16. The van der Waals surface area contributed by atoms with Crippen molar-refractivity contribution in [2.45, 2.75) is 32.6 Å². The molecule has 4 nitrogen and oxygen atoms in total. The Morgan fingerprint density at radius 1 is 1.47 bits per heavy atom. The first-order valence-electron chi connectivity index (χ1n) is 6.24. The molecule has 1 rings (SSSR count). The van der Waals surface area contributed by atoms with E-state index in [-0.39, 0.29) is 11.0 Å². The average Bonchev–Trinajstić information content (AvgIpc) is 2.63. The molecule has 1 aliphatic heterocycles. The lowest BCUT2D eigenvalue weighted by molar-refractivity contribution is -0.127. The first-order valence-corrected chi connectivity index (χ1v) is 7.23. The van der Waals surface area contributed by atoms with E-state index < -0.39 is 0 Å². The fourth-order valence-electron chi connectivity index (χ4n) is 2.04. The molecule has 0 saturated carbocycles. The summed E-state index contributed by atoms with van der Waals surface area (Å²) in [6, 6.07) is 0. The molecule has 1 heterocycles. The first-order chi connectivity index (χ1) is 8.13. The molecule has 5 heteroatoms. The van der Waals surface area contributed by atoms with Gasteiger partial charge in [-0.25, -0.2) is 0 Å². The minimum absolute atomic E-state index is 0.138. The summed E-state index contributed by atoms with van der Waals surface area (Å²) in [5.41, 5.74) is 5.42. The zero-order valence-electron chi connectivity index (χ0n) is 10.5. The van der Waals surface area contributed by atoms with Crippen LogP contribution in [0.3, 0.4) is 0 Å². The lowest BCUT2D eigenvalue weighted by Crippen LogP contribution is -2.26. The lowest BCUT2D eigenvalue weighted by atomic mass is 10.1. The van der Waals surface area contributed by atoms with Crippen LogP contribution in [0.15, 0.2) is 0 Å². The number of nitrogens with zero attached hydrogens (tertiary/aromatic N) is 1. The maximum atomic E-state index is 11.7. The summed E-state index contributed by atoms with van der Waals surface area (Å²) in [5.74, 6) is 1.37. The minimum Gasteiger partial charge on any atom is -0.342 e. The van der Waals surface area contributed by atoms with Gasteiger partial charge in [-0.1, -0.05) is 18.2 Å². The number of rotatable bonds is 7. The van der Waals surface area contributed by atoms with Gasteiger partial charge in [-0.3, -0.25) is 9.59 Å². The Morgan fingerprint density at radius 3 is 2.88 bits per heavy atom. The van der Waals surface area contributed by atoms with E-state index in [2.05, 4.69) is 0 Å². The standard InChI is InChI=1S/C12H22N2O2S/c1-10(15)17-9-11-7-12(16)14(8-11)6-4-2-3-5-13/h11H,2-9,13H2,1H3. The highest BCUT2D eigenvalue weighted by Crippen LogP contribution is 2.22. The Kier molecular flexibility index (Phi) is 6.58. The summed E-state index contributed by atoms with van der Waals surface area (Å²) in [6.45, 7) is 3.97. The molecule has 0 bridgehead atoms. The molecule has 1 fully saturated rings. The molecule has 0 aromatic rings. The first kappa shape index (κ1) is 14.5. The summed E-state index contributed by atoms with van der Waals surface area (Å²) in [6.07, 6.45) is 3.77. The highest BCUT2D eigenvalue weighted by molar-refractivity contribution is 8.13. The van der Waals surface area contributed by atoms with E-state index in [0.29, 0.717) is 12.3 Å². The predicted molar refractivity (Wildman–Crippen MR) is 70.7 cm³/mol. The zero-order valence-corrected chi connectivity index (χ0v) is 11.3. The minimum atomic E-state index is 0.138. The Morgan fingerprint density at radius 2 is 2.24 bits per heavy atom. The summed E-state index contributed by atoms with van der Waals surface area (Å²) in [7, 11) is 0. The van der Waals surface area contributed by atoms with Crippen LogP contribution in [0.25, 0.3) is 0 Å². The molecule has 2 N–H and O–H groups in total. The SMILES string of the molecule is CC(=O)SCC1CC(=O)N(CCCCCN)C1. The van der Waals surface area contributed by atoms with Crippen LogP contribution in [0.4, 0.5) is 0 Å². The number of hydrogen-bond donors (Lipinski definition) is 1. The second kappa shape index (κ2) is 7.71. The van der Waals surface area contributed by atoms with Crippen LogP contribution in [0.5, 0.6) is 0 Å². The maximum Gasteiger partial charge on any atom is 0.222 e. The van der Waals surface area contributed by atoms with Gasteiger partial charge in [0.25, 0.3) is 0 Å². The zero-order chi connectivity index (χ0) is 12.7. The molecule has 1 atom stereocenters. The second-order valence-electron chi connectivity index (χ2n) is 4.56. The van der Waals surface area contributed by atoms with E-state index in [1.54, 1.807) is 6.92 Å². The third-order valence-corrected chi connectivity index (χ3v) is 3.99. The molecule has 1 saturated heterocycles. The highest BCUT2D eigenvalue weighted by atomic mass is 32.2. The van der Waals surface area contributed by atoms with Gasteiger partial charge in [0.05, 0.1) is 0 Å². The summed E-state index contributed by atoms with van der Waals surface area (Å²) in [4.78, 5) is 24.5. The van der Waals surface area contributed by atoms with Crippen molar-refractivity contribution in [3.63, 3.8) is 0 Å². The van der Waals surface area contributed by atoms with Crippen LogP contribution < -0.4 is 5.73 Å². The van der Waals surface area contributed by atoms with Gasteiger partial charge in [0.2, 0.25) is 5.91 Å². The predicted octanol–water partition coefficient (Wildman–Crippen LogP) is 1.24. The summed E-state index contributed by atoms with van der Waals surface area (Å²) in [5, 5.41) is 0.138. The van der Waals surface area contributed by atoms with E-state index in [4.69, 9.17) is 5.73 Å². The van der Waals surface area contributed by atoms with E-state index in [0.717, 1.165) is 44.6 Å². The second-order valence-corrected chi connectivity index (χ2v) is 5.76. The van der Waals surface area contributed by atoms with Gasteiger partial charge < -0.3 is 10.6 Å². The van der Waals surface area contributed by atoms with E-state index in [1.807, 2.05) is 4.90 Å². The van der Waals surface area contributed by atoms with Crippen molar-refractivity contribution >= 4 is 22.8 Å². The van der Waals surface area contributed by atoms with Crippen molar-refractivity contribution in [2.75, 3.05) is 25.4 Å². The van der Waals surface area contributed by atoms with Crippen LogP contribution in [0.2, 0.25) is 0 Å². The quantitative estimate of drug-likeness (QED) is 0.698. The van der Waals surface area contributed by atoms with Crippen LogP contribution in [0.1, 0.15) is 32.6 Å². The van der Waals surface area contributed by atoms with Crippen LogP contribution >= 0.6 is 11.8 Å². The van der Waals surface area contributed by atoms with Crippen molar-refractivity contribution < 1.29 is 9.59 Å². The molecule has 0 aliphatic carbocycles. The Labute approximate surface area is 107 Å². The van der Waals surface area contributed by atoms with Crippen LogP contribution in [-0.2, 0) is 9.59 Å². The van der Waals surface area contributed by atoms with Crippen molar-refractivity contribution in [3.8, 4) is 0 Å². The van der Waals surface area contributed by atoms with Gasteiger partial charge in [0.1, 0.15) is 0 Å². The van der Waals surface area contributed by atoms with Crippen molar-refractivity contribution in [3.05, 3.63) is 0 Å². The monoisotopic (exact) mass is 258 g/mol. The smallest absolute Gasteiger partial charge is 0.222 e. The molecule has 0 aromatic heterocycles. The molecule has 1 unspecified atom stereocenters. The largest absolute Gasteiger partial charge is 0.342 e. The molecule has 1 aliphatic rings. The normalized spacial score (nSPS) is 20.0. The summed E-state index contributed by atoms with van der Waals surface area (Å²) >= 11 is 1.33. The molecule has 0 aromatic carbocycles. The maximum absolute atomic E-state index is 11.7. The third kappa shape index (κ3) is 5.55. The molecule has 98 valence electrons. The van der Waals surface area contributed by atoms with Gasteiger partial charge in [0.15, 0.2) is 5.12 Å². The number of carbonyl (C=O) groups is 2. The molecule has 0 spiro atoms. The molecule has 0 radical (unpaired) electrons. The van der Waals surface area contributed by atoms with Crippen molar-refractivity contribution in [2.24, 2.45) is 11.7 Å². The van der Waals surface area contributed by atoms with Gasteiger partial charge in [-0.05, 0) is 25.3 Å². The highest BCUT2D eigenvalue weighted by Gasteiger charge is 2.28. The van der Waals surface area contributed by atoms with E-state index >= 15 is 0 Å². The van der Waals surface area contributed by atoms with Crippen molar-refractivity contribution in [1.29, 1.82) is 0 Å². The molecule has 1 amide bonds. The number of carbonyl (C=O) groups excluding carboxylic acids is 2. The number of amides is 1. The molecule has 17 heavy (non-hydrogen) atoms. The number of nitrogens with two attached hydrogens (primary N) is 1. The fraction of sp³-hybridized carbons (Fsp3) is 0.833. The Bertz CT molecular complexity index is 271. The molecular formula is C12H22N2O2S. The third-order valence-electron chi connectivity index (χ3n) is 2.95. The average molecular weight is 258 g/mol. The van der Waals surface area contributed by atoms with Crippen LogP contribution in [-0.4, -0.2) is 41.3 Å². The van der Waals surface area contributed by atoms with Gasteiger partial charge in [-0.15, -0.1) is 0 Å². The van der Waals surface area contributed by atoms with Crippen molar-refractivity contribution in [1.82, 2.24) is 4.90 Å². The number of unbranched alkanes of at least 4 members (excludes halogenated alkanes) is 2. The number of thioether (sulfide) groups is 1. The van der Waals surface area contributed by atoms with Gasteiger partial charge >= 0.3 is 0 Å². The number of likely N-dealkylation sites (tertiary alicyclic amines) is 1. The Hall–Kier alpha value is -0.550. The Balaban J connectivity index is 2.19. The number of hydrogen-bond acceptors (Lipinski definition) is 4. The molecular weight excluding hydrogens is 236 g/mol. The van der Waals surface area contributed by atoms with Gasteiger partial charge in [0, 0.05) is 32.2 Å². The van der Waals surface area contributed by atoms with E-state index in [1.165, 1.54) is 11.8 Å². The van der Waals surface area contributed by atoms with E-state index in [9.17, 15) is 9.59 Å². The van der Waals surface area contributed by atoms with Gasteiger partial charge in [-0.2, -0.15) is 0 Å². The van der Waals surface area contributed by atoms with Crippen LogP contribution in [0, 0.1) is 5.92 Å².